The number of carbonyl (C=O) groups excluding carboxylic acids is 1. The van der Waals surface area contributed by atoms with Gasteiger partial charge in [-0.05, 0) is 38.1 Å². The minimum atomic E-state index is 0. The number of rotatable bonds is 4. The summed E-state index contributed by atoms with van der Waals surface area (Å²) in [7, 11) is 2.01. The third-order valence-electron chi connectivity index (χ3n) is 3.57. The Bertz CT molecular complexity index is 243. The normalized spacial score (nSPS) is 17.4. The SMILES string of the molecule is CNC1CCN(C(=O)CCCC(C)(C)C)CC1.Cl. The van der Waals surface area contributed by atoms with E-state index in [1.165, 1.54) is 0 Å². The summed E-state index contributed by atoms with van der Waals surface area (Å²) in [6.07, 6.45) is 5.07. The van der Waals surface area contributed by atoms with Gasteiger partial charge in [-0.1, -0.05) is 20.8 Å². The fraction of sp³-hybridized carbons (Fsp3) is 0.929. The Balaban J connectivity index is 0.00000289. The zero-order valence-electron chi connectivity index (χ0n) is 12.3. The molecule has 1 fully saturated rings. The lowest BCUT2D eigenvalue weighted by molar-refractivity contribution is -0.132. The Morgan fingerprint density at radius 2 is 1.83 bits per heavy atom. The second-order valence-electron chi connectivity index (χ2n) is 6.36. The van der Waals surface area contributed by atoms with Gasteiger partial charge in [-0.15, -0.1) is 12.4 Å². The zero-order chi connectivity index (χ0) is 12.9. The summed E-state index contributed by atoms with van der Waals surface area (Å²) in [6, 6.07) is 0.605. The molecule has 108 valence electrons. The average Bonchev–Trinajstić information content (AvgIpc) is 2.27. The number of nitrogens with one attached hydrogen (secondary N) is 1. The number of likely N-dealkylation sites (tertiary alicyclic amines) is 1. The van der Waals surface area contributed by atoms with Gasteiger partial charge in [0.15, 0.2) is 0 Å². The van der Waals surface area contributed by atoms with Crippen LogP contribution in [0.25, 0.3) is 0 Å². The van der Waals surface area contributed by atoms with E-state index in [2.05, 4.69) is 26.1 Å². The van der Waals surface area contributed by atoms with E-state index in [4.69, 9.17) is 0 Å². The molecule has 0 saturated carbocycles. The molecule has 0 aromatic heterocycles. The highest BCUT2D eigenvalue weighted by molar-refractivity contribution is 5.85. The highest BCUT2D eigenvalue weighted by Crippen LogP contribution is 2.22. The summed E-state index contributed by atoms with van der Waals surface area (Å²) in [6.45, 7) is 8.56. The summed E-state index contributed by atoms with van der Waals surface area (Å²) < 4.78 is 0. The first-order valence-corrected chi connectivity index (χ1v) is 6.87. The van der Waals surface area contributed by atoms with E-state index < -0.39 is 0 Å². The van der Waals surface area contributed by atoms with Gasteiger partial charge < -0.3 is 10.2 Å². The van der Waals surface area contributed by atoms with Crippen molar-refractivity contribution in [1.29, 1.82) is 0 Å². The Hall–Kier alpha value is -0.280. The molecule has 0 aromatic carbocycles. The molecule has 0 unspecified atom stereocenters. The first kappa shape index (κ1) is 17.7. The molecule has 4 heteroatoms. The third kappa shape index (κ3) is 6.60. The quantitative estimate of drug-likeness (QED) is 0.856. The van der Waals surface area contributed by atoms with Crippen LogP contribution in [0.5, 0.6) is 0 Å². The van der Waals surface area contributed by atoms with Crippen LogP contribution in [0.15, 0.2) is 0 Å². The van der Waals surface area contributed by atoms with Gasteiger partial charge in [0.2, 0.25) is 5.91 Å². The number of carbonyl (C=O) groups is 1. The van der Waals surface area contributed by atoms with Crippen LogP contribution in [0.4, 0.5) is 0 Å². The molecule has 1 saturated heterocycles. The molecular formula is C14H29ClN2O. The van der Waals surface area contributed by atoms with Gasteiger partial charge >= 0.3 is 0 Å². The lowest BCUT2D eigenvalue weighted by atomic mass is 9.90. The molecule has 1 aliphatic rings. The third-order valence-corrected chi connectivity index (χ3v) is 3.57. The number of hydrogen-bond donors (Lipinski definition) is 1. The molecular weight excluding hydrogens is 248 g/mol. The van der Waals surface area contributed by atoms with E-state index >= 15 is 0 Å². The van der Waals surface area contributed by atoms with Gasteiger partial charge in [-0.2, -0.15) is 0 Å². The molecule has 0 atom stereocenters. The van der Waals surface area contributed by atoms with Gasteiger partial charge in [-0.25, -0.2) is 0 Å². The zero-order valence-corrected chi connectivity index (χ0v) is 13.1. The molecule has 0 radical (unpaired) electrons. The van der Waals surface area contributed by atoms with Crippen LogP contribution in [0.2, 0.25) is 0 Å². The van der Waals surface area contributed by atoms with Crippen molar-refractivity contribution < 1.29 is 4.79 Å². The first-order valence-electron chi connectivity index (χ1n) is 6.87. The molecule has 0 spiro atoms. The minimum absolute atomic E-state index is 0. The van der Waals surface area contributed by atoms with Crippen LogP contribution < -0.4 is 5.32 Å². The van der Waals surface area contributed by atoms with Crippen molar-refractivity contribution in [3.05, 3.63) is 0 Å². The van der Waals surface area contributed by atoms with E-state index in [-0.39, 0.29) is 12.4 Å². The Morgan fingerprint density at radius 3 is 2.28 bits per heavy atom. The fourth-order valence-electron chi connectivity index (χ4n) is 2.35. The Kier molecular flexibility index (Phi) is 7.88. The van der Waals surface area contributed by atoms with E-state index in [1.54, 1.807) is 0 Å². The molecule has 1 N–H and O–H groups in total. The molecule has 18 heavy (non-hydrogen) atoms. The van der Waals surface area contributed by atoms with Crippen molar-refractivity contribution in [2.24, 2.45) is 5.41 Å². The average molecular weight is 277 g/mol. The highest BCUT2D eigenvalue weighted by atomic mass is 35.5. The van der Waals surface area contributed by atoms with Crippen molar-refractivity contribution in [3.63, 3.8) is 0 Å². The maximum absolute atomic E-state index is 12.0. The van der Waals surface area contributed by atoms with E-state index in [1.807, 2.05) is 11.9 Å². The number of halogens is 1. The molecule has 0 aliphatic carbocycles. The van der Waals surface area contributed by atoms with Crippen LogP contribution in [-0.2, 0) is 4.79 Å². The molecule has 0 bridgehead atoms. The van der Waals surface area contributed by atoms with Crippen LogP contribution in [0, 0.1) is 5.41 Å². The predicted octanol–water partition coefficient (Wildman–Crippen LogP) is 2.84. The van der Waals surface area contributed by atoms with E-state index in [0.29, 0.717) is 17.4 Å². The number of amides is 1. The fourth-order valence-corrected chi connectivity index (χ4v) is 2.35. The van der Waals surface area contributed by atoms with Crippen molar-refractivity contribution in [3.8, 4) is 0 Å². The smallest absolute Gasteiger partial charge is 0.222 e. The molecule has 1 heterocycles. The maximum Gasteiger partial charge on any atom is 0.222 e. The van der Waals surface area contributed by atoms with Gasteiger partial charge in [0.05, 0.1) is 0 Å². The van der Waals surface area contributed by atoms with Crippen molar-refractivity contribution in [2.45, 2.75) is 58.9 Å². The van der Waals surface area contributed by atoms with Crippen molar-refractivity contribution in [1.82, 2.24) is 10.2 Å². The second kappa shape index (κ2) is 8.00. The molecule has 0 aromatic rings. The summed E-state index contributed by atoms with van der Waals surface area (Å²) in [5, 5.41) is 3.29. The van der Waals surface area contributed by atoms with E-state index in [0.717, 1.165) is 45.2 Å². The predicted molar refractivity (Wildman–Crippen MR) is 79.2 cm³/mol. The molecule has 1 rings (SSSR count). The highest BCUT2D eigenvalue weighted by Gasteiger charge is 2.21. The van der Waals surface area contributed by atoms with Crippen LogP contribution in [-0.4, -0.2) is 37.0 Å². The maximum atomic E-state index is 12.0. The molecule has 1 amide bonds. The standard InChI is InChI=1S/C14H28N2O.ClH/c1-14(2,3)9-5-6-13(17)16-10-7-12(15-4)8-11-16;/h12,15H,5-11H2,1-4H3;1H. The number of nitrogens with zero attached hydrogens (tertiary/aromatic N) is 1. The monoisotopic (exact) mass is 276 g/mol. The number of hydrogen-bond acceptors (Lipinski definition) is 2. The first-order chi connectivity index (χ1) is 7.92. The lowest BCUT2D eigenvalue weighted by Gasteiger charge is -2.32. The largest absolute Gasteiger partial charge is 0.343 e. The lowest BCUT2D eigenvalue weighted by Crippen LogP contribution is -2.43. The second-order valence-corrected chi connectivity index (χ2v) is 6.36. The van der Waals surface area contributed by atoms with Crippen LogP contribution in [0.1, 0.15) is 52.9 Å². The molecule has 1 aliphatic heterocycles. The number of piperidine rings is 1. The summed E-state index contributed by atoms with van der Waals surface area (Å²) in [5.74, 6) is 0.351. The van der Waals surface area contributed by atoms with Crippen LogP contribution in [0.3, 0.4) is 0 Å². The van der Waals surface area contributed by atoms with Crippen molar-refractivity contribution in [2.75, 3.05) is 20.1 Å². The van der Waals surface area contributed by atoms with Gasteiger partial charge in [0, 0.05) is 25.6 Å². The molecule has 3 nitrogen and oxygen atoms in total. The van der Waals surface area contributed by atoms with Gasteiger partial charge in [-0.3, -0.25) is 4.79 Å². The Morgan fingerprint density at radius 1 is 1.28 bits per heavy atom. The summed E-state index contributed by atoms with van der Waals surface area (Å²) in [4.78, 5) is 14.0. The summed E-state index contributed by atoms with van der Waals surface area (Å²) >= 11 is 0. The van der Waals surface area contributed by atoms with Crippen molar-refractivity contribution >= 4 is 18.3 Å². The van der Waals surface area contributed by atoms with Gasteiger partial charge in [0.1, 0.15) is 0 Å². The minimum Gasteiger partial charge on any atom is -0.343 e. The Labute approximate surface area is 118 Å². The van der Waals surface area contributed by atoms with Crippen LogP contribution >= 0.6 is 12.4 Å². The topological polar surface area (TPSA) is 32.3 Å². The summed E-state index contributed by atoms with van der Waals surface area (Å²) in [5.41, 5.74) is 0.347. The van der Waals surface area contributed by atoms with E-state index in [9.17, 15) is 4.79 Å². The van der Waals surface area contributed by atoms with Gasteiger partial charge in [0.25, 0.3) is 0 Å².